The normalized spacial score (nSPS) is 21.8. The first-order chi connectivity index (χ1) is 13.6. The molecule has 1 amide bonds. The Morgan fingerprint density at radius 2 is 1.72 bits per heavy atom. The van der Waals surface area contributed by atoms with Gasteiger partial charge in [-0.2, -0.15) is 0 Å². The molecule has 0 aromatic heterocycles. The third-order valence-corrected chi connectivity index (χ3v) is 4.79. The highest BCUT2D eigenvalue weighted by Crippen LogP contribution is 2.44. The minimum Gasteiger partial charge on any atom is -0.479 e. The zero-order valence-corrected chi connectivity index (χ0v) is 17.4. The molecule has 3 rings (SSSR count). The molecule has 3 atom stereocenters. The molecule has 1 aliphatic heterocycles. The average Bonchev–Trinajstić information content (AvgIpc) is 3.02. The summed E-state index contributed by atoms with van der Waals surface area (Å²) in [7, 11) is 0. The van der Waals surface area contributed by atoms with Crippen molar-refractivity contribution in [3.05, 3.63) is 70.8 Å². The van der Waals surface area contributed by atoms with E-state index in [4.69, 9.17) is 9.47 Å². The molecule has 1 saturated heterocycles. The van der Waals surface area contributed by atoms with E-state index in [1.165, 1.54) is 4.90 Å². The standard InChI is InChI=1S/C23H27NO5/c1-14-11-12-17(15(2)13-14)20-24(22(27)29-23(3,4)5)18(19(28-20)21(25)26)16-9-7-6-8-10-16/h6-13,18-20H,1-5H3,(H,25,26)/t18-,19+,20?/m0/s1. The van der Waals surface area contributed by atoms with Crippen molar-refractivity contribution < 1.29 is 24.2 Å². The van der Waals surface area contributed by atoms with Crippen molar-refractivity contribution in [3.8, 4) is 0 Å². The zero-order chi connectivity index (χ0) is 21.3. The first-order valence-corrected chi connectivity index (χ1v) is 9.60. The Morgan fingerprint density at radius 3 is 2.28 bits per heavy atom. The second-order valence-corrected chi connectivity index (χ2v) is 8.35. The molecule has 2 aromatic carbocycles. The molecule has 0 radical (unpaired) electrons. The van der Waals surface area contributed by atoms with Gasteiger partial charge in [0.2, 0.25) is 0 Å². The van der Waals surface area contributed by atoms with Crippen molar-refractivity contribution in [2.24, 2.45) is 0 Å². The average molecular weight is 397 g/mol. The monoisotopic (exact) mass is 397 g/mol. The van der Waals surface area contributed by atoms with E-state index in [-0.39, 0.29) is 0 Å². The minimum absolute atomic E-state index is 0.611. The first kappa shape index (κ1) is 20.9. The largest absolute Gasteiger partial charge is 0.479 e. The molecule has 154 valence electrons. The number of rotatable bonds is 3. The van der Waals surface area contributed by atoms with Crippen LogP contribution in [-0.2, 0) is 14.3 Å². The quantitative estimate of drug-likeness (QED) is 0.808. The number of carbonyl (C=O) groups excluding carboxylic acids is 1. The van der Waals surface area contributed by atoms with Crippen LogP contribution >= 0.6 is 0 Å². The molecular weight excluding hydrogens is 370 g/mol. The van der Waals surface area contributed by atoms with Crippen molar-refractivity contribution in [2.75, 3.05) is 0 Å². The topological polar surface area (TPSA) is 76.1 Å². The number of amides is 1. The van der Waals surface area contributed by atoms with Gasteiger partial charge in [-0.05, 0) is 45.7 Å². The Hall–Kier alpha value is -2.86. The van der Waals surface area contributed by atoms with Crippen LogP contribution in [0.2, 0.25) is 0 Å². The van der Waals surface area contributed by atoms with E-state index in [0.717, 1.165) is 16.7 Å². The SMILES string of the molecule is Cc1ccc(C2O[C@@H](C(=O)O)[C@H](c3ccccc3)N2C(=O)OC(C)(C)C)c(C)c1. The Labute approximate surface area is 171 Å². The number of aryl methyl sites for hydroxylation is 2. The van der Waals surface area contributed by atoms with Crippen molar-refractivity contribution in [1.29, 1.82) is 0 Å². The smallest absolute Gasteiger partial charge is 0.413 e. The van der Waals surface area contributed by atoms with Gasteiger partial charge < -0.3 is 14.6 Å². The van der Waals surface area contributed by atoms with Crippen LogP contribution in [0.1, 0.15) is 55.3 Å². The van der Waals surface area contributed by atoms with Gasteiger partial charge in [0.1, 0.15) is 11.6 Å². The van der Waals surface area contributed by atoms with Gasteiger partial charge in [-0.25, -0.2) is 9.59 Å². The fourth-order valence-electron chi connectivity index (χ4n) is 3.60. The van der Waals surface area contributed by atoms with E-state index in [2.05, 4.69) is 0 Å². The molecule has 1 aliphatic rings. The fourth-order valence-corrected chi connectivity index (χ4v) is 3.60. The summed E-state index contributed by atoms with van der Waals surface area (Å²) >= 11 is 0. The highest BCUT2D eigenvalue weighted by atomic mass is 16.6. The van der Waals surface area contributed by atoms with Crippen LogP contribution in [0.4, 0.5) is 4.79 Å². The molecular formula is C23H27NO5. The van der Waals surface area contributed by atoms with Crippen LogP contribution < -0.4 is 0 Å². The second kappa shape index (κ2) is 7.87. The maximum atomic E-state index is 13.2. The van der Waals surface area contributed by atoms with E-state index >= 15 is 0 Å². The first-order valence-electron chi connectivity index (χ1n) is 9.60. The Kier molecular flexibility index (Phi) is 5.66. The maximum Gasteiger partial charge on any atom is 0.413 e. The summed E-state index contributed by atoms with van der Waals surface area (Å²) in [4.78, 5) is 26.7. The van der Waals surface area contributed by atoms with Gasteiger partial charge in [-0.3, -0.25) is 4.90 Å². The second-order valence-electron chi connectivity index (χ2n) is 8.35. The van der Waals surface area contributed by atoms with Crippen LogP contribution in [0.15, 0.2) is 48.5 Å². The summed E-state index contributed by atoms with van der Waals surface area (Å²) < 4.78 is 11.6. The van der Waals surface area contributed by atoms with Crippen molar-refractivity contribution in [1.82, 2.24) is 4.90 Å². The Morgan fingerprint density at radius 1 is 1.07 bits per heavy atom. The highest BCUT2D eigenvalue weighted by Gasteiger charge is 2.51. The Bertz CT molecular complexity index is 903. The molecule has 6 nitrogen and oxygen atoms in total. The molecule has 1 unspecified atom stereocenters. The number of carboxylic acids is 1. The number of hydrogen-bond acceptors (Lipinski definition) is 4. The van der Waals surface area contributed by atoms with E-state index < -0.39 is 36.0 Å². The number of hydrogen-bond donors (Lipinski definition) is 1. The number of carbonyl (C=O) groups is 2. The van der Waals surface area contributed by atoms with Gasteiger partial charge in [0.15, 0.2) is 12.3 Å². The van der Waals surface area contributed by atoms with Gasteiger partial charge in [-0.15, -0.1) is 0 Å². The van der Waals surface area contributed by atoms with Crippen LogP contribution in [0.25, 0.3) is 0 Å². The van der Waals surface area contributed by atoms with Crippen molar-refractivity contribution in [2.45, 2.75) is 58.6 Å². The third kappa shape index (κ3) is 4.43. The molecule has 2 aromatic rings. The van der Waals surface area contributed by atoms with Gasteiger partial charge in [0.05, 0.1) is 0 Å². The predicted octanol–water partition coefficient (Wildman–Crippen LogP) is 4.76. The van der Waals surface area contributed by atoms with Crippen molar-refractivity contribution in [3.63, 3.8) is 0 Å². The maximum absolute atomic E-state index is 13.2. The summed E-state index contributed by atoms with van der Waals surface area (Å²) in [6.07, 6.45) is -2.69. The summed E-state index contributed by atoms with van der Waals surface area (Å²) in [5.41, 5.74) is 2.68. The van der Waals surface area contributed by atoms with Gasteiger partial charge in [0.25, 0.3) is 0 Å². The van der Waals surface area contributed by atoms with Gasteiger partial charge in [0, 0.05) is 5.56 Å². The molecule has 1 fully saturated rings. The molecule has 0 spiro atoms. The van der Waals surface area contributed by atoms with E-state index in [0.29, 0.717) is 5.56 Å². The van der Waals surface area contributed by atoms with Crippen LogP contribution in [0.5, 0.6) is 0 Å². The van der Waals surface area contributed by atoms with Crippen LogP contribution in [0.3, 0.4) is 0 Å². The molecule has 29 heavy (non-hydrogen) atoms. The molecule has 0 aliphatic carbocycles. The zero-order valence-electron chi connectivity index (χ0n) is 17.4. The molecule has 0 bridgehead atoms. The van der Waals surface area contributed by atoms with Crippen LogP contribution in [-0.4, -0.2) is 33.8 Å². The highest BCUT2D eigenvalue weighted by molar-refractivity contribution is 5.78. The molecule has 1 heterocycles. The number of ether oxygens (including phenoxy) is 2. The summed E-state index contributed by atoms with van der Waals surface area (Å²) in [5, 5.41) is 9.85. The lowest BCUT2D eigenvalue weighted by Crippen LogP contribution is -2.40. The van der Waals surface area contributed by atoms with E-state index in [1.807, 2.05) is 50.2 Å². The van der Waals surface area contributed by atoms with E-state index in [1.54, 1.807) is 32.9 Å². The van der Waals surface area contributed by atoms with Gasteiger partial charge >= 0.3 is 12.1 Å². The molecule has 1 N–H and O–H groups in total. The predicted molar refractivity (Wildman–Crippen MR) is 108 cm³/mol. The number of carboxylic acid groups (broad SMARTS) is 1. The van der Waals surface area contributed by atoms with Gasteiger partial charge in [-0.1, -0.05) is 54.1 Å². The van der Waals surface area contributed by atoms with Crippen molar-refractivity contribution >= 4 is 12.1 Å². The van der Waals surface area contributed by atoms with Crippen LogP contribution in [0, 0.1) is 13.8 Å². The Balaban J connectivity index is 2.13. The number of benzene rings is 2. The lowest BCUT2D eigenvalue weighted by Gasteiger charge is -2.32. The molecule has 0 saturated carbocycles. The lowest BCUT2D eigenvalue weighted by molar-refractivity contribution is -0.150. The summed E-state index contributed by atoms with van der Waals surface area (Å²) in [6.45, 7) is 9.23. The lowest BCUT2D eigenvalue weighted by atomic mass is 9.99. The summed E-state index contributed by atoms with van der Waals surface area (Å²) in [5.74, 6) is -1.13. The number of aliphatic carboxylic acids is 1. The third-order valence-electron chi connectivity index (χ3n) is 4.79. The molecule has 6 heteroatoms. The fraction of sp³-hybridized carbons (Fsp3) is 0.391. The summed E-state index contributed by atoms with van der Waals surface area (Å²) in [6, 6.07) is 14.0. The minimum atomic E-state index is -1.21. The van der Waals surface area contributed by atoms with E-state index in [9.17, 15) is 14.7 Å². The number of nitrogens with zero attached hydrogens (tertiary/aromatic N) is 1.